The number of hydrogen-bond donors (Lipinski definition) is 3. The molecule has 208 valence electrons. The molecule has 3 atom stereocenters. The lowest BCUT2D eigenvalue weighted by atomic mass is 9.95. The average molecular weight is 533 g/mol. The van der Waals surface area contributed by atoms with E-state index in [0.717, 1.165) is 56.6 Å². The van der Waals surface area contributed by atoms with Gasteiger partial charge in [0, 0.05) is 60.6 Å². The summed E-state index contributed by atoms with van der Waals surface area (Å²) in [5, 5.41) is 6.40. The van der Waals surface area contributed by atoms with E-state index in [1.807, 2.05) is 19.1 Å². The van der Waals surface area contributed by atoms with Crippen molar-refractivity contribution < 1.29 is 14.4 Å². The van der Waals surface area contributed by atoms with Crippen LogP contribution in [0.25, 0.3) is 0 Å². The number of carbonyl (C=O) groups is 3. The fourth-order valence-electron chi connectivity index (χ4n) is 6.57. The normalized spacial score (nSPS) is 24.7. The number of amides is 3. The van der Waals surface area contributed by atoms with Gasteiger partial charge in [-0.1, -0.05) is 0 Å². The smallest absolute Gasteiger partial charge is 0.253 e. The summed E-state index contributed by atoms with van der Waals surface area (Å²) in [4.78, 5) is 47.0. The first-order valence-corrected chi connectivity index (χ1v) is 14.1. The van der Waals surface area contributed by atoms with Crippen molar-refractivity contribution in [3.8, 4) is 0 Å². The monoisotopic (exact) mass is 532 g/mol. The largest absolute Gasteiger partial charge is 0.366 e. The van der Waals surface area contributed by atoms with E-state index >= 15 is 0 Å². The molecule has 0 aliphatic carbocycles. The fraction of sp³-hybridized carbons (Fsp3) is 0.533. The number of rotatable bonds is 7. The lowest BCUT2D eigenvalue weighted by Crippen LogP contribution is -2.51. The van der Waals surface area contributed by atoms with Crippen LogP contribution in [0.15, 0.2) is 30.5 Å². The molecular weight excluding hydrogens is 492 g/mol. The molecule has 1 aromatic carbocycles. The van der Waals surface area contributed by atoms with Gasteiger partial charge < -0.3 is 21.3 Å². The Balaban J connectivity index is 1.19. The molecule has 4 heterocycles. The summed E-state index contributed by atoms with van der Waals surface area (Å²) in [7, 11) is 0. The SMILES string of the molecule is Cc1cc(C(=O)NC2CC3CCC(C2)N3c2ccc(C(=O)N[C@@H]3CCN(C(C)C)C3)cn2)c(C)cc1C(N)=O. The Labute approximate surface area is 230 Å². The van der Waals surface area contributed by atoms with Crippen LogP contribution < -0.4 is 21.3 Å². The number of nitrogens with zero attached hydrogens (tertiary/aromatic N) is 3. The highest BCUT2D eigenvalue weighted by Crippen LogP contribution is 2.38. The van der Waals surface area contributed by atoms with Crippen LogP contribution >= 0.6 is 0 Å². The standard InChI is InChI=1S/C30H40N6O3/c1-17(2)35-10-9-21(16-35)33-29(38)20-5-8-27(32-15-20)36-23-6-7-24(36)14-22(13-23)34-30(39)26-12-18(3)25(28(31)37)11-19(26)4/h5,8,11-12,15,17,21-24H,6-7,9-10,13-14,16H2,1-4H3,(H2,31,37)(H,33,38)(H,34,39)/t21-,22?,23?,24?/m1/s1. The molecular formula is C30H40N6O3. The Morgan fingerprint density at radius 1 is 0.923 bits per heavy atom. The van der Waals surface area contributed by atoms with Crippen molar-refractivity contribution in [2.45, 2.75) is 90.0 Å². The van der Waals surface area contributed by atoms with Crippen LogP contribution in [0.3, 0.4) is 0 Å². The summed E-state index contributed by atoms with van der Waals surface area (Å²) < 4.78 is 0. The molecule has 0 radical (unpaired) electrons. The molecule has 2 aromatic rings. The van der Waals surface area contributed by atoms with Crippen molar-refractivity contribution >= 4 is 23.5 Å². The molecule has 2 unspecified atom stereocenters. The van der Waals surface area contributed by atoms with E-state index in [2.05, 4.69) is 39.3 Å². The van der Waals surface area contributed by atoms with Gasteiger partial charge in [0.25, 0.3) is 11.8 Å². The number of nitrogens with one attached hydrogen (secondary N) is 2. The third kappa shape index (κ3) is 5.64. The zero-order chi connectivity index (χ0) is 27.8. The van der Waals surface area contributed by atoms with Crippen LogP contribution in [0.2, 0.25) is 0 Å². The zero-order valence-electron chi connectivity index (χ0n) is 23.4. The summed E-state index contributed by atoms with van der Waals surface area (Å²) in [5.41, 5.74) is 8.52. The number of primary amides is 1. The Hall–Kier alpha value is -3.46. The second-order valence-electron chi connectivity index (χ2n) is 11.7. The van der Waals surface area contributed by atoms with Crippen molar-refractivity contribution in [2.24, 2.45) is 5.73 Å². The maximum atomic E-state index is 13.1. The van der Waals surface area contributed by atoms with Gasteiger partial charge in [-0.05, 0) is 95.2 Å². The van der Waals surface area contributed by atoms with Crippen LogP contribution in [0, 0.1) is 13.8 Å². The molecule has 2 bridgehead atoms. The minimum atomic E-state index is -0.486. The molecule has 1 aromatic heterocycles. The van der Waals surface area contributed by atoms with E-state index in [0.29, 0.717) is 40.4 Å². The highest BCUT2D eigenvalue weighted by atomic mass is 16.2. The first-order valence-electron chi connectivity index (χ1n) is 14.1. The molecule has 5 rings (SSSR count). The van der Waals surface area contributed by atoms with E-state index in [-0.39, 0.29) is 23.9 Å². The summed E-state index contributed by atoms with van der Waals surface area (Å²) in [6.45, 7) is 9.90. The number of pyridine rings is 1. The van der Waals surface area contributed by atoms with E-state index in [4.69, 9.17) is 5.73 Å². The lowest BCUT2D eigenvalue weighted by Gasteiger charge is -2.40. The molecule has 3 aliphatic rings. The van der Waals surface area contributed by atoms with E-state index in [1.165, 1.54) is 0 Å². The van der Waals surface area contributed by atoms with Gasteiger partial charge in [0.15, 0.2) is 0 Å². The van der Waals surface area contributed by atoms with E-state index in [9.17, 15) is 14.4 Å². The number of aromatic nitrogens is 1. The number of carbonyl (C=O) groups excluding carboxylic acids is 3. The quantitative estimate of drug-likeness (QED) is 0.504. The van der Waals surface area contributed by atoms with Gasteiger partial charge in [-0.2, -0.15) is 0 Å². The van der Waals surface area contributed by atoms with Crippen LogP contribution in [-0.4, -0.2) is 70.9 Å². The van der Waals surface area contributed by atoms with Crippen LogP contribution in [0.5, 0.6) is 0 Å². The van der Waals surface area contributed by atoms with Crippen LogP contribution in [0.4, 0.5) is 5.82 Å². The average Bonchev–Trinajstić information content (AvgIpc) is 3.47. The highest BCUT2D eigenvalue weighted by molar-refractivity contribution is 5.99. The number of aryl methyl sites for hydroxylation is 2. The molecule has 3 aliphatic heterocycles. The first-order chi connectivity index (χ1) is 18.6. The second-order valence-corrected chi connectivity index (χ2v) is 11.7. The summed E-state index contributed by atoms with van der Waals surface area (Å²) >= 11 is 0. The Morgan fingerprint density at radius 3 is 2.15 bits per heavy atom. The van der Waals surface area contributed by atoms with E-state index in [1.54, 1.807) is 25.3 Å². The van der Waals surface area contributed by atoms with Crippen LogP contribution in [0.1, 0.15) is 88.2 Å². The molecule has 4 N–H and O–H groups in total. The predicted molar refractivity (Wildman–Crippen MR) is 151 cm³/mol. The molecule has 3 fully saturated rings. The van der Waals surface area contributed by atoms with Gasteiger partial charge in [0.05, 0.1) is 5.56 Å². The molecule has 9 heteroatoms. The Kier molecular flexibility index (Phi) is 7.62. The molecule has 3 amide bonds. The van der Waals surface area contributed by atoms with Gasteiger partial charge in [-0.15, -0.1) is 0 Å². The third-order valence-corrected chi connectivity index (χ3v) is 8.71. The topological polar surface area (TPSA) is 121 Å². The number of hydrogen-bond acceptors (Lipinski definition) is 6. The van der Waals surface area contributed by atoms with Crippen molar-refractivity contribution in [1.82, 2.24) is 20.5 Å². The van der Waals surface area contributed by atoms with Crippen molar-refractivity contribution in [3.63, 3.8) is 0 Å². The second kappa shape index (κ2) is 11.0. The van der Waals surface area contributed by atoms with Crippen molar-refractivity contribution in [2.75, 3.05) is 18.0 Å². The van der Waals surface area contributed by atoms with Gasteiger partial charge in [0.1, 0.15) is 5.82 Å². The number of anilines is 1. The molecule has 0 spiro atoms. The van der Waals surface area contributed by atoms with Crippen LogP contribution in [-0.2, 0) is 0 Å². The summed E-state index contributed by atoms with van der Waals surface area (Å²) in [5.74, 6) is 0.227. The maximum absolute atomic E-state index is 13.1. The lowest BCUT2D eigenvalue weighted by molar-refractivity contribution is 0.0921. The number of benzene rings is 1. The molecule has 9 nitrogen and oxygen atoms in total. The summed E-state index contributed by atoms with van der Waals surface area (Å²) in [6, 6.07) is 8.61. The highest BCUT2D eigenvalue weighted by Gasteiger charge is 2.42. The Bertz CT molecular complexity index is 1250. The van der Waals surface area contributed by atoms with Crippen molar-refractivity contribution in [1.29, 1.82) is 0 Å². The zero-order valence-corrected chi connectivity index (χ0v) is 23.4. The van der Waals surface area contributed by atoms with Gasteiger partial charge in [-0.3, -0.25) is 19.3 Å². The minimum Gasteiger partial charge on any atom is -0.366 e. The minimum absolute atomic E-state index is 0.0663. The van der Waals surface area contributed by atoms with E-state index < -0.39 is 5.91 Å². The van der Waals surface area contributed by atoms with Gasteiger partial charge in [0.2, 0.25) is 5.91 Å². The maximum Gasteiger partial charge on any atom is 0.253 e. The third-order valence-electron chi connectivity index (χ3n) is 8.71. The number of likely N-dealkylation sites (tertiary alicyclic amines) is 1. The molecule has 0 saturated carbocycles. The van der Waals surface area contributed by atoms with Crippen molar-refractivity contribution in [3.05, 3.63) is 58.3 Å². The number of piperidine rings is 1. The fourth-order valence-corrected chi connectivity index (χ4v) is 6.57. The summed E-state index contributed by atoms with van der Waals surface area (Å²) in [6.07, 6.45) is 6.46. The van der Waals surface area contributed by atoms with Gasteiger partial charge >= 0.3 is 0 Å². The molecule has 39 heavy (non-hydrogen) atoms. The first kappa shape index (κ1) is 27.1. The number of fused-ring (bicyclic) bond motifs is 2. The Morgan fingerprint density at radius 2 is 1.56 bits per heavy atom. The predicted octanol–water partition coefficient (Wildman–Crippen LogP) is 2.94. The number of nitrogens with two attached hydrogens (primary N) is 1. The molecule has 3 saturated heterocycles. The van der Waals surface area contributed by atoms with Gasteiger partial charge in [-0.25, -0.2) is 4.98 Å².